The number of nitro groups is 1. The Bertz CT molecular complexity index is 1840. The van der Waals surface area contributed by atoms with Gasteiger partial charge in [-0.3, -0.25) is 15.0 Å². The minimum absolute atomic E-state index is 0.0238. The Hall–Kier alpha value is -6.16. The molecule has 0 aliphatic carbocycles. The standard InChI is InChI=1S/C32H24N8O2/c41-40(42)27-18-9-11-23(21-27)22-33-38-31-35-30(34-29-20-10-13-24-12-7-8-19-28(24)29)36-32(37-31)39(25-14-3-1-4-15-25)26-16-5-2-6-17-26/h1-22H,(H2,34,35,36,37,38)/b33-22+. The first-order valence-electron chi connectivity index (χ1n) is 13.1. The number of hydrogen-bond acceptors (Lipinski definition) is 9. The zero-order valence-electron chi connectivity index (χ0n) is 22.2. The number of benzene rings is 5. The van der Waals surface area contributed by atoms with E-state index in [1.807, 2.05) is 108 Å². The number of anilines is 6. The average Bonchev–Trinajstić information content (AvgIpc) is 3.03. The van der Waals surface area contributed by atoms with Gasteiger partial charge in [0, 0.05) is 40.1 Å². The number of para-hydroxylation sites is 2. The van der Waals surface area contributed by atoms with Crippen LogP contribution in [0.25, 0.3) is 10.8 Å². The lowest BCUT2D eigenvalue weighted by Gasteiger charge is -2.23. The molecule has 0 saturated heterocycles. The van der Waals surface area contributed by atoms with Crippen LogP contribution in [-0.4, -0.2) is 26.1 Å². The predicted octanol–water partition coefficient (Wildman–Crippen LogP) is 7.59. The number of hydrazone groups is 1. The molecule has 0 unspecified atom stereocenters. The lowest BCUT2D eigenvalue weighted by molar-refractivity contribution is -0.384. The second-order valence-electron chi connectivity index (χ2n) is 9.16. The van der Waals surface area contributed by atoms with Crippen LogP contribution in [0.15, 0.2) is 132 Å². The first-order chi connectivity index (χ1) is 20.6. The van der Waals surface area contributed by atoms with E-state index in [0.717, 1.165) is 27.8 Å². The molecule has 0 atom stereocenters. The number of rotatable bonds is 9. The maximum atomic E-state index is 11.2. The molecule has 0 spiro atoms. The smallest absolute Gasteiger partial charge is 0.270 e. The first-order valence-corrected chi connectivity index (χ1v) is 13.1. The van der Waals surface area contributed by atoms with Crippen molar-refractivity contribution < 1.29 is 4.92 Å². The summed E-state index contributed by atoms with van der Waals surface area (Å²) < 4.78 is 0. The maximum absolute atomic E-state index is 11.2. The minimum atomic E-state index is -0.448. The van der Waals surface area contributed by atoms with Crippen LogP contribution in [0.5, 0.6) is 0 Å². The van der Waals surface area contributed by atoms with Crippen molar-refractivity contribution in [3.8, 4) is 0 Å². The van der Waals surface area contributed by atoms with E-state index in [2.05, 4.69) is 20.8 Å². The summed E-state index contributed by atoms with van der Waals surface area (Å²) in [5, 5.41) is 20.9. The molecule has 204 valence electrons. The molecule has 2 N–H and O–H groups in total. The van der Waals surface area contributed by atoms with Crippen molar-refractivity contribution in [2.75, 3.05) is 15.6 Å². The number of nitro benzene ring substituents is 1. The van der Waals surface area contributed by atoms with Gasteiger partial charge in [0.25, 0.3) is 5.69 Å². The Morgan fingerprint density at radius 3 is 2.10 bits per heavy atom. The summed E-state index contributed by atoms with van der Waals surface area (Å²) in [5.41, 5.74) is 5.95. The fourth-order valence-electron chi connectivity index (χ4n) is 4.44. The van der Waals surface area contributed by atoms with Gasteiger partial charge in [-0.05, 0) is 35.7 Å². The summed E-state index contributed by atoms with van der Waals surface area (Å²) in [6.07, 6.45) is 1.47. The highest BCUT2D eigenvalue weighted by Gasteiger charge is 2.18. The van der Waals surface area contributed by atoms with Crippen molar-refractivity contribution in [3.63, 3.8) is 0 Å². The lowest BCUT2D eigenvalue weighted by Crippen LogP contribution is -2.16. The van der Waals surface area contributed by atoms with E-state index in [9.17, 15) is 10.1 Å². The molecular formula is C32H24N8O2. The molecule has 6 rings (SSSR count). The molecule has 10 nitrogen and oxygen atoms in total. The number of nitrogens with zero attached hydrogens (tertiary/aromatic N) is 6. The molecule has 0 aliphatic heterocycles. The third-order valence-corrected chi connectivity index (χ3v) is 6.35. The predicted molar refractivity (Wildman–Crippen MR) is 166 cm³/mol. The number of fused-ring (bicyclic) bond motifs is 1. The summed E-state index contributed by atoms with van der Waals surface area (Å²) in [6.45, 7) is 0. The van der Waals surface area contributed by atoms with Crippen molar-refractivity contribution in [1.29, 1.82) is 0 Å². The van der Waals surface area contributed by atoms with Gasteiger partial charge in [-0.15, -0.1) is 0 Å². The quantitative estimate of drug-likeness (QED) is 0.107. The molecule has 1 aromatic heterocycles. The molecule has 6 aromatic rings. The summed E-state index contributed by atoms with van der Waals surface area (Å²) in [6, 6.07) is 39.8. The van der Waals surface area contributed by atoms with Gasteiger partial charge in [-0.25, -0.2) is 5.43 Å². The molecule has 0 bridgehead atoms. The van der Waals surface area contributed by atoms with Crippen molar-refractivity contribution in [2.45, 2.75) is 0 Å². The Morgan fingerprint density at radius 1 is 0.714 bits per heavy atom. The van der Waals surface area contributed by atoms with Crippen LogP contribution < -0.4 is 15.6 Å². The highest BCUT2D eigenvalue weighted by atomic mass is 16.6. The normalized spacial score (nSPS) is 11.0. The molecule has 0 fully saturated rings. The van der Waals surface area contributed by atoms with Crippen LogP contribution in [0, 0.1) is 10.1 Å². The van der Waals surface area contributed by atoms with E-state index in [1.54, 1.807) is 12.1 Å². The van der Waals surface area contributed by atoms with Gasteiger partial charge in [-0.2, -0.15) is 20.1 Å². The Labute approximate surface area is 241 Å². The van der Waals surface area contributed by atoms with Crippen molar-refractivity contribution in [3.05, 3.63) is 143 Å². The van der Waals surface area contributed by atoms with E-state index in [1.165, 1.54) is 18.3 Å². The van der Waals surface area contributed by atoms with Crippen LogP contribution in [0.2, 0.25) is 0 Å². The van der Waals surface area contributed by atoms with Gasteiger partial charge < -0.3 is 5.32 Å². The van der Waals surface area contributed by atoms with E-state index >= 15 is 0 Å². The summed E-state index contributed by atoms with van der Waals surface area (Å²) in [4.78, 5) is 26.7. The monoisotopic (exact) mass is 552 g/mol. The van der Waals surface area contributed by atoms with Gasteiger partial charge in [0.05, 0.1) is 11.1 Å². The topological polar surface area (TPSA) is 121 Å². The fourth-order valence-corrected chi connectivity index (χ4v) is 4.44. The summed E-state index contributed by atoms with van der Waals surface area (Å²) >= 11 is 0. The van der Waals surface area contributed by atoms with Gasteiger partial charge >= 0.3 is 0 Å². The number of hydrogen-bond donors (Lipinski definition) is 2. The second-order valence-corrected chi connectivity index (χ2v) is 9.16. The molecule has 0 aliphatic rings. The molecule has 0 saturated carbocycles. The van der Waals surface area contributed by atoms with E-state index in [4.69, 9.17) is 9.97 Å². The van der Waals surface area contributed by atoms with Crippen LogP contribution >= 0.6 is 0 Å². The molecular weight excluding hydrogens is 528 g/mol. The van der Waals surface area contributed by atoms with Gasteiger partial charge in [0.1, 0.15) is 0 Å². The first kappa shape index (κ1) is 26.1. The van der Waals surface area contributed by atoms with Crippen LogP contribution in [0.4, 0.5) is 40.6 Å². The SMILES string of the molecule is O=[N+]([O-])c1cccc(/C=N/Nc2nc(Nc3cccc4ccccc34)nc(N(c3ccccc3)c3ccccc3)n2)c1. The van der Waals surface area contributed by atoms with Crippen molar-refractivity contribution in [1.82, 2.24) is 15.0 Å². The zero-order valence-corrected chi connectivity index (χ0v) is 22.2. The van der Waals surface area contributed by atoms with E-state index < -0.39 is 4.92 Å². The minimum Gasteiger partial charge on any atom is -0.323 e. The summed E-state index contributed by atoms with van der Waals surface area (Å²) in [7, 11) is 0. The van der Waals surface area contributed by atoms with Gasteiger partial charge in [0.15, 0.2) is 0 Å². The zero-order chi connectivity index (χ0) is 28.7. The van der Waals surface area contributed by atoms with Crippen LogP contribution in [0.1, 0.15) is 5.56 Å². The molecule has 42 heavy (non-hydrogen) atoms. The van der Waals surface area contributed by atoms with Crippen LogP contribution in [0.3, 0.4) is 0 Å². The van der Waals surface area contributed by atoms with Crippen LogP contribution in [-0.2, 0) is 0 Å². The Morgan fingerprint density at radius 2 is 1.36 bits per heavy atom. The average molecular weight is 553 g/mol. The van der Waals surface area contributed by atoms with E-state index in [-0.39, 0.29) is 11.6 Å². The van der Waals surface area contributed by atoms with Crippen molar-refractivity contribution in [2.24, 2.45) is 5.10 Å². The second kappa shape index (κ2) is 11.9. The molecule has 1 heterocycles. The maximum Gasteiger partial charge on any atom is 0.270 e. The fraction of sp³-hybridized carbons (Fsp3) is 0. The highest BCUT2D eigenvalue weighted by molar-refractivity contribution is 5.95. The van der Waals surface area contributed by atoms with Crippen molar-refractivity contribution >= 4 is 57.6 Å². The largest absolute Gasteiger partial charge is 0.323 e. The Balaban J connectivity index is 1.42. The third-order valence-electron chi connectivity index (χ3n) is 6.35. The van der Waals surface area contributed by atoms with E-state index in [0.29, 0.717) is 17.5 Å². The molecule has 0 radical (unpaired) electrons. The van der Waals surface area contributed by atoms with Gasteiger partial charge in [0.2, 0.25) is 17.8 Å². The lowest BCUT2D eigenvalue weighted by atomic mass is 10.1. The third kappa shape index (κ3) is 5.87. The Kier molecular flexibility index (Phi) is 7.41. The molecule has 10 heteroatoms. The highest BCUT2D eigenvalue weighted by Crippen LogP contribution is 2.33. The van der Waals surface area contributed by atoms with Gasteiger partial charge in [-0.1, -0.05) is 84.9 Å². The number of nitrogens with one attached hydrogen (secondary N) is 2. The number of aromatic nitrogens is 3. The molecule has 0 amide bonds. The number of non-ortho nitro benzene ring substituents is 1. The summed E-state index contributed by atoms with van der Waals surface area (Å²) in [5.74, 6) is 0.848. The molecule has 5 aromatic carbocycles.